The Balaban J connectivity index is 0.000000956. The molecule has 0 amide bonds. The van der Waals surface area contributed by atoms with Crippen LogP contribution in [0.15, 0.2) is 41.2 Å². The van der Waals surface area contributed by atoms with Gasteiger partial charge in [0.05, 0.1) is 11.2 Å². The fraction of sp³-hybridized carbons (Fsp3) is 0.333. The molecule has 0 saturated carbocycles. The molecule has 0 spiro atoms. The van der Waals surface area contributed by atoms with Gasteiger partial charge in [0.1, 0.15) is 0 Å². The topological polar surface area (TPSA) is 59.4 Å². The fourth-order valence-corrected chi connectivity index (χ4v) is 2.45. The number of carboxylic acids is 1. The maximum Gasteiger partial charge on any atom is 0.342 e. The molecule has 5 heteroatoms. The molecule has 0 aliphatic carbocycles. The number of thiazole rings is 1. The van der Waals surface area contributed by atoms with E-state index in [4.69, 9.17) is 4.74 Å². The van der Waals surface area contributed by atoms with E-state index in [1.807, 2.05) is 44.2 Å². The van der Waals surface area contributed by atoms with E-state index in [1.54, 1.807) is 10.9 Å². The number of hydrogen-bond acceptors (Lipinski definition) is 4. The first-order valence-corrected chi connectivity index (χ1v) is 7.34. The van der Waals surface area contributed by atoms with Crippen molar-refractivity contribution in [2.45, 2.75) is 25.9 Å². The lowest BCUT2D eigenvalue weighted by Crippen LogP contribution is -2.40. The summed E-state index contributed by atoms with van der Waals surface area (Å²) in [4.78, 5) is 15.7. The van der Waals surface area contributed by atoms with E-state index < -0.39 is 11.6 Å². The number of methoxy groups -OCH3 is 1. The van der Waals surface area contributed by atoms with Crippen LogP contribution in [-0.2, 0) is 21.6 Å². The van der Waals surface area contributed by atoms with E-state index in [9.17, 15) is 9.90 Å². The molecular weight excluding hydrogens is 274 g/mol. The van der Waals surface area contributed by atoms with Crippen molar-refractivity contribution in [3.63, 3.8) is 0 Å². The molecule has 1 aromatic carbocycles. The minimum Gasteiger partial charge on any atom is -0.479 e. The van der Waals surface area contributed by atoms with Gasteiger partial charge in [-0.05, 0) is 5.56 Å². The highest BCUT2D eigenvalue weighted by Crippen LogP contribution is 2.29. The van der Waals surface area contributed by atoms with E-state index >= 15 is 0 Å². The van der Waals surface area contributed by atoms with Gasteiger partial charge in [-0.2, -0.15) is 0 Å². The summed E-state index contributed by atoms with van der Waals surface area (Å²) in [5.74, 6) is -1.03. The molecule has 0 aliphatic rings. The third kappa shape index (κ3) is 3.43. The van der Waals surface area contributed by atoms with Gasteiger partial charge < -0.3 is 9.84 Å². The summed E-state index contributed by atoms with van der Waals surface area (Å²) in [6.07, 6.45) is 0.253. The van der Waals surface area contributed by atoms with Crippen molar-refractivity contribution in [1.29, 1.82) is 0 Å². The lowest BCUT2D eigenvalue weighted by molar-refractivity contribution is -0.164. The zero-order chi connectivity index (χ0) is 15.0. The molecule has 1 unspecified atom stereocenters. The highest BCUT2D eigenvalue weighted by Gasteiger charge is 2.42. The first kappa shape index (κ1) is 16.3. The minimum atomic E-state index is -1.42. The SMILES string of the molecule is CC.COC(Cc1ccccc1)(C(=O)O)c1cscn1. The Hall–Kier alpha value is -1.72. The quantitative estimate of drug-likeness (QED) is 0.918. The number of ether oxygens (including phenoxy) is 1. The zero-order valence-electron chi connectivity index (χ0n) is 11.9. The maximum atomic E-state index is 11.6. The number of benzene rings is 1. The van der Waals surface area contributed by atoms with Gasteiger partial charge in [0, 0.05) is 18.9 Å². The molecule has 1 atom stereocenters. The normalized spacial score (nSPS) is 12.9. The molecule has 4 nitrogen and oxygen atoms in total. The zero-order valence-corrected chi connectivity index (χ0v) is 12.7. The molecule has 0 bridgehead atoms. The molecule has 2 aromatic rings. The Labute approximate surface area is 123 Å². The molecule has 0 aliphatic heterocycles. The third-order valence-electron chi connectivity index (χ3n) is 2.84. The second-order valence-electron chi connectivity index (χ2n) is 3.87. The largest absolute Gasteiger partial charge is 0.479 e. The van der Waals surface area contributed by atoms with E-state index in [2.05, 4.69) is 4.98 Å². The van der Waals surface area contributed by atoms with Crippen LogP contribution in [-0.4, -0.2) is 23.2 Å². The molecule has 1 heterocycles. The predicted molar refractivity (Wildman–Crippen MR) is 79.9 cm³/mol. The van der Waals surface area contributed by atoms with Crippen molar-refractivity contribution in [1.82, 2.24) is 4.98 Å². The molecule has 108 valence electrons. The van der Waals surface area contributed by atoms with Crippen LogP contribution >= 0.6 is 11.3 Å². The van der Waals surface area contributed by atoms with E-state index in [0.717, 1.165) is 5.56 Å². The summed E-state index contributed by atoms with van der Waals surface area (Å²) in [7, 11) is 1.40. The van der Waals surface area contributed by atoms with Crippen molar-refractivity contribution in [2.24, 2.45) is 0 Å². The van der Waals surface area contributed by atoms with Crippen LogP contribution in [0.2, 0.25) is 0 Å². The molecule has 20 heavy (non-hydrogen) atoms. The predicted octanol–water partition coefficient (Wildman–Crippen LogP) is 3.34. The molecule has 2 rings (SSSR count). The second kappa shape index (κ2) is 7.77. The minimum absolute atomic E-state index is 0.253. The lowest BCUT2D eigenvalue weighted by atomic mass is 9.91. The summed E-state index contributed by atoms with van der Waals surface area (Å²) in [5, 5.41) is 11.2. The molecule has 0 radical (unpaired) electrons. The Morgan fingerprint density at radius 2 is 2.00 bits per heavy atom. The van der Waals surface area contributed by atoms with Crippen molar-refractivity contribution in [3.05, 3.63) is 52.5 Å². The average Bonchev–Trinajstić information content (AvgIpc) is 3.02. The number of carbonyl (C=O) groups is 1. The smallest absolute Gasteiger partial charge is 0.342 e. The number of aliphatic carboxylic acids is 1. The Morgan fingerprint density at radius 3 is 2.45 bits per heavy atom. The number of carboxylic acid groups (broad SMARTS) is 1. The molecule has 0 fully saturated rings. The second-order valence-corrected chi connectivity index (χ2v) is 4.59. The van der Waals surface area contributed by atoms with E-state index in [1.165, 1.54) is 18.4 Å². The summed E-state index contributed by atoms with van der Waals surface area (Å²) < 4.78 is 5.29. The summed E-state index contributed by atoms with van der Waals surface area (Å²) in [6.45, 7) is 4.00. The van der Waals surface area contributed by atoms with Gasteiger partial charge in [-0.3, -0.25) is 0 Å². The lowest BCUT2D eigenvalue weighted by Gasteiger charge is -2.26. The number of rotatable bonds is 5. The Kier molecular flexibility index (Phi) is 6.35. The monoisotopic (exact) mass is 293 g/mol. The van der Waals surface area contributed by atoms with Gasteiger partial charge in [0.2, 0.25) is 5.60 Å². The van der Waals surface area contributed by atoms with Crippen LogP contribution < -0.4 is 0 Å². The number of nitrogens with zero attached hydrogens (tertiary/aromatic N) is 1. The highest BCUT2D eigenvalue weighted by molar-refractivity contribution is 7.07. The maximum absolute atomic E-state index is 11.6. The summed E-state index contributed by atoms with van der Waals surface area (Å²) in [6, 6.07) is 9.39. The van der Waals surface area contributed by atoms with E-state index in [-0.39, 0.29) is 6.42 Å². The summed E-state index contributed by atoms with van der Waals surface area (Å²) >= 11 is 1.36. The molecule has 1 aromatic heterocycles. The van der Waals surface area contributed by atoms with Gasteiger partial charge in [0.15, 0.2) is 0 Å². The standard InChI is InChI=1S/C13H13NO3S.C2H6/c1-17-13(12(15)16,11-8-18-9-14-11)7-10-5-3-2-4-6-10;1-2/h2-6,8-9H,7H2,1H3,(H,15,16);1-2H3. The Bertz CT molecular complexity index is 513. The van der Waals surface area contributed by atoms with Crippen molar-refractivity contribution in [2.75, 3.05) is 7.11 Å². The van der Waals surface area contributed by atoms with Crippen molar-refractivity contribution < 1.29 is 14.6 Å². The van der Waals surface area contributed by atoms with Gasteiger partial charge in [-0.1, -0.05) is 44.2 Å². The first-order chi connectivity index (χ1) is 9.69. The molecule has 0 saturated heterocycles. The first-order valence-electron chi connectivity index (χ1n) is 6.40. The molecule has 1 N–H and O–H groups in total. The highest BCUT2D eigenvalue weighted by atomic mass is 32.1. The number of aromatic nitrogens is 1. The van der Waals surface area contributed by atoms with Crippen LogP contribution in [0, 0.1) is 0 Å². The van der Waals surface area contributed by atoms with Gasteiger partial charge in [-0.25, -0.2) is 9.78 Å². The molecular formula is C15H19NO3S. The van der Waals surface area contributed by atoms with Gasteiger partial charge >= 0.3 is 5.97 Å². The third-order valence-corrected chi connectivity index (χ3v) is 3.42. The average molecular weight is 293 g/mol. The van der Waals surface area contributed by atoms with Crippen molar-refractivity contribution >= 4 is 17.3 Å². The van der Waals surface area contributed by atoms with Crippen LogP contribution in [0.5, 0.6) is 0 Å². The van der Waals surface area contributed by atoms with Crippen LogP contribution in [0.25, 0.3) is 0 Å². The Morgan fingerprint density at radius 1 is 1.35 bits per heavy atom. The van der Waals surface area contributed by atoms with Gasteiger partial charge in [0.25, 0.3) is 0 Å². The summed E-state index contributed by atoms with van der Waals surface area (Å²) in [5.41, 5.74) is 1.53. The van der Waals surface area contributed by atoms with Crippen LogP contribution in [0.4, 0.5) is 0 Å². The van der Waals surface area contributed by atoms with Crippen LogP contribution in [0.1, 0.15) is 25.1 Å². The van der Waals surface area contributed by atoms with Crippen molar-refractivity contribution in [3.8, 4) is 0 Å². The number of hydrogen-bond donors (Lipinski definition) is 1. The van der Waals surface area contributed by atoms with Crippen LogP contribution in [0.3, 0.4) is 0 Å². The fourth-order valence-electron chi connectivity index (χ4n) is 1.84. The van der Waals surface area contributed by atoms with E-state index in [0.29, 0.717) is 5.69 Å². The van der Waals surface area contributed by atoms with Gasteiger partial charge in [-0.15, -0.1) is 11.3 Å².